The van der Waals surface area contributed by atoms with Gasteiger partial charge in [-0.1, -0.05) is 18.2 Å². The van der Waals surface area contributed by atoms with Gasteiger partial charge in [0.15, 0.2) is 11.9 Å². The van der Waals surface area contributed by atoms with Crippen molar-refractivity contribution in [3.05, 3.63) is 35.9 Å². The minimum Gasteiger partial charge on any atom is -0.469 e. The third kappa shape index (κ3) is 2.63. The predicted molar refractivity (Wildman–Crippen MR) is 80.7 cm³/mol. The maximum absolute atomic E-state index is 12.7. The molecule has 6 nitrogen and oxygen atoms in total. The molecule has 2 aliphatic rings. The number of fused-ring (bicyclic) bond motifs is 2. The standard InChI is InChI=1S/C17H19NO5/c1-18-11-8-9-12(18)14(19)15(13(11)17(21)22-2)23-16(20)10-6-4-3-5-7-10/h3-7,11-13,15H,8-9H2,1-2H3/t11-,12+,13+,15-/m0/s1. The average molecular weight is 317 g/mol. The Bertz CT molecular complexity index is 629. The molecule has 1 aromatic rings. The van der Waals surface area contributed by atoms with E-state index >= 15 is 0 Å². The van der Waals surface area contributed by atoms with Gasteiger partial charge in [-0.25, -0.2) is 4.79 Å². The lowest BCUT2D eigenvalue weighted by Crippen LogP contribution is -2.59. The first kappa shape index (κ1) is 15.7. The number of piperidine rings is 1. The second kappa shape index (κ2) is 6.12. The van der Waals surface area contributed by atoms with Gasteiger partial charge in [0.1, 0.15) is 5.92 Å². The number of likely N-dealkylation sites (N-methyl/N-ethyl adjacent to an activating group) is 1. The maximum atomic E-state index is 12.7. The zero-order chi connectivity index (χ0) is 16.6. The zero-order valence-electron chi connectivity index (χ0n) is 13.1. The van der Waals surface area contributed by atoms with E-state index in [1.165, 1.54) is 7.11 Å². The zero-order valence-corrected chi connectivity index (χ0v) is 13.1. The lowest BCUT2D eigenvalue weighted by molar-refractivity contribution is -0.162. The summed E-state index contributed by atoms with van der Waals surface area (Å²) >= 11 is 0. The highest BCUT2D eigenvalue weighted by molar-refractivity contribution is 5.98. The van der Waals surface area contributed by atoms with Gasteiger partial charge in [0, 0.05) is 6.04 Å². The van der Waals surface area contributed by atoms with Gasteiger partial charge in [-0.2, -0.15) is 0 Å². The maximum Gasteiger partial charge on any atom is 0.338 e. The highest BCUT2D eigenvalue weighted by atomic mass is 16.6. The Balaban J connectivity index is 1.87. The molecule has 0 saturated carbocycles. The number of Topliss-reactive ketones (excluding diaryl/α,β-unsaturated/α-hetero) is 1. The molecule has 6 heteroatoms. The number of esters is 2. The number of hydrogen-bond donors (Lipinski definition) is 0. The summed E-state index contributed by atoms with van der Waals surface area (Å²) in [5.74, 6) is -2.10. The summed E-state index contributed by atoms with van der Waals surface area (Å²) in [6.45, 7) is 0. The van der Waals surface area contributed by atoms with Gasteiger partial charge in [-0.3, -0.25) is 14.5 Å². The number of ketones is 1. The SMILES string of the molecule is COC(=O)[C@H]1[C@H](OC(=O)c2ccccc2)C(=O)[C@H]2CC[C@@H]1N2C. The minimum atomic E-state index is -1.08. The summed E-state index contributed by atoms with van der Waals surface area (Å²) in [5.41, 5.74) is 0.357. The number of methoxy groups -OCH3 is 1. The van der Waals surface area contributed by atoms with Crippen molar-refractivity contribution in [2.45, 2.75) is 31.0 Å². The number of carbonyl (C=O) groups excluding carboxylic acids is 3. The molecule has 1 aromatic carbocycles. The van der Waals surface area contributed by atoms with E-state index < -0.39 is 24.0 Å². The van der Waals surface area contributed by atoms with Crippen molar-refractivity contribution in [1.29, 1.82) is 0 Å². The fourth-order valence-corrected chi connectivity index (χ4v) is 3.62. The molecule has 3 rings (SSSR count). The highest BCUT2D eigenvalue weighted by Crippen LogP contribution is 2.38. The Morgan fingerprint density at radius 3 is 2.52 bits per heavy atom. The van der Waals surface area contributed by atoms with E-state index in [1.807, 2.05) is 11.9 Å². The molecule has 23 heavy (non-hydrogen) atoms. The second-order valence-electron chi connectivity index (χ2n) is 5.97. The Kier molecular flexibility index (Phi) is 4.17. The van der Waals surface area contributed by atoms with Crippen LogP contribution in [0.25, 0.3) is 0 Å². The molecule has 0 aromatic heterocycles. The van der Waals surface area contributed by atoms with Crippen molar-refractivity contribution >= 4 is 17.7 Å². The molecule has 4 atom stereocenters. The van der Waals surface area contributed by atoms with Crippen molar-refractivity contribution < 1.29 is 23.9 Å². The number of ether oxygens (including phenoxy) is 2. The summed E-state index contributed by atoms with van der Waals surface area (Å²) in [6.07, 6.45) is 0.308. The molecule has 2 aliphatic heterocycles. The lowest BCUT2D eigenvalue weighted by atomic mass is 9.86. The van der Waals surface area contributed by atoms with E-state index in [0.717, 1.165) is 0 Å². The third-order valence-electron chi connectivity index (χ3n) is 4.82. The summed E-state index contributed by atoms with van der Waals surface area (Å²) in [4.78, 5) is 39.0. The smallest absolute Gasteiger partial charge is 0.338 e. The molecular weight excluding hydrogens is 298 g/mol. The largest absolute Gasteiger partial charge is 0.469 e. The number of benzene rings is 1. The van der Waals surface area contributed by atoms with Crippen LogP contribution in [-0.4, -0.2) is 55.0 Å². The molecule has 2 saturated heterocycles. The molecule has 0 amide bonds. The van der Waals surface area contributed by atoms with Crippen LogP contribution in [0.3, 0.4) is 0 Å². The molecule has 2 bridgehead atoms. The molecule has 122 valence electrons. The van der Waals surface area contributed by atoms with Crippen molar-refractivity contribution in [2.75, 3.05) is 14.2 Å². The first-order chi connectivity index (χ1) is 11.0. The normalized spacial score (nSPS) is 30.1. The van der Waals surface area contributed by atoms with E-state index in [-0.39, 0.29) is 17.9 Å². The van der Waals surface area contributed by atoms with E-state index in [1.54, 1.807) is 30.3 Å². The van der Waals surface area contributed by atoms with Crippen LogP contribution in [0.4, 0.5) is 0 Å². The Morgan fingerprint density at radius 1 is 1.17 bits per heavy atom. The summed E-state index contributed by atoms with van der Waals surface area (Å²) < 4.78 is 10.3. The Labute approximate surface area is 134 Å². The van der Waals surface area contributed by atoms with Crippen molar-refractivity contribution in [3.63, 3.8) is 0 Å². The van der Waals surface area contributed by atoms with Crippen LogP contribution in [0.15, 0.2) is 30.3 Å². The quantitative estimate of drug-likeness (QED) is 0.776. The van der Waals surface area contributed by atoms with Crippen LogP contribution in [0, 0.1) is 5.92 Å². The van der Waals surface area contributed by atoms with Crippen LogP contribution in [-0.2, 0) is 19.1 Å². The number of carbonyl (C=O) groups is 3. The van der Waals surface area contributed by atoms with E-state index in [9.17, 15) is 14.4 Å². The first-order valence-electron chi connectivity index (χ1n) is 7.64. The van der Waals surface area contributed by atoms with Gasteiger partial charge in [0.25, 0.3) is 0 Å². The van der Waals surface area contributed by atoms with Crippen LogP contribution in [0.1, 0.15) is 23.2 Å². The molecule has 2 fully saturated rings. The molecule has 0 N–H and O–H groups in total. The number of hydrogen-bond acceptors (Lipinski definition) is 6. The number of rotatable bonds is 3. The van der Waals surface area contributed by atoms with Gasteiger partial charge in [-0.15, -0.1) is 0 Å². The third-order valence-corrected chi connectivity index (χ3v) is 4.82. The average Bonchev–Trinajstić information content (AvgIpc) is 2.87. The van der Waals surface area contributed by atoms with Crippen molar-refractivity contribution in [2.24, 2.45) is 5.92 Å². The van der Waals surface area contributed by atoms with Gasteiger partial charge < -0.3 is 9.47 Å². The van der Waals surface area contributed by atoms with Gasteiger partial charge in [0.05, 0.1) is 18.7 Å². The van der Waals surface area contributed by atoms with Crippen LogP contribution in [0.5, 0.6) is 0 Å². The fourth-order valence-electron chi connectivity index (χ4n) is 3.62. The van der Waals surface area contributed by atoms with Crippen LogP contribution < -0.4 is 0 Å². The summed E-state index contributed by atoms with van der Waals surface area (Å²) in [6, 6.07) is 8.01. The second-order valence-corrected chi connectivity index (χ2v) is 5.97. The van der Waals surface area contributed by atoms with Crippen molar-refractivity contribution in [3.8, 4) is 0 Å². The topological polar surface area (TPSA) is 72.9 Å². The molecule has 0 aliphatic carbocycles. The molecule has 0 unspecified atom stereocenters. The monoisotopic (exact) mass is 317 g/mol. The first-order valence-corrected chi connectivity index (χ1v) is 7.64. The summed E-state index contributed by atoms with van der Waals surface area (Å²) in [7, 11) is 3.11. The molecule has 2 heterocycles. The predicted octanol–water partition coefficient (Wildman–Crippen LogP) is 1.05. The Hall–Kier alpha value is -2.21. The van der Waals surface area contributed by atoms with Gasteiger partial charge in [0.2, 0.25) is 0 Å². The van der Waals surface area contributed by atoms with E-state index in [0.29, 0.717) is 18.4 Å². The van der Waals surface area contributed by atoms with E-state index in [4.69, 9.17) is 9.47 Å². The molecule has 0 spiro atoms. The van der Waals surface area contributed by atoms with Crippen molar-refractivity contribution in [1.82, 2.24) is 4.90 Å². The molecule has 0 radical (unpaired) electrons. The Morgan fingerprint density at radius 2 is 1.87 bits per heavy atom. The fraction of sp³-hybridized carbons (Fsp3) is 0.471. The summed E-state index contributed by atoms with van der Waals surface area (Å²) in [5, 5.41) is 0. The van der Waals surface area contributed by atoms with Crippen LogP contribution >= 0.6 is 0 Å². The van der Waals surface area contributed by atoms with Crippen LogP contribution in [0.2, 0.25) is 0 Å². The molecular formula is C17H19NO5. The number of nitrogens with zero attached hydrogens (tertiary/aromatic N) is 1. The lowest BCUT2D eigenvalue weighted by Gasteiger charge is -2.39. The van der Waals surface area contributed by atoms with Gasteiger partial charge in [-0.05, 0) is 32.0 Å². The highest BCUT2D eigenvalue weighted by Gasteiger charge is 2.56. The van der Waals surface area contributed by atoms with E-state index in [2.05, 4.69) is 0 Å². The minimum absolute atomic E-state index is 0.140. The van der Waals surface area contributed by atoms with Gasteiger partial charge >= 0.3 is 11.9 Å².